The predicted molar refractivity (Wildman–Crippen MR) is 87.6 cm³/mol. The van der Waals surface area contributed by atoms with Gasteiger partial charge in [0.05, 0.1) is 6.10 Å². The molecule has 1 saturated heterocycles. The number of piperazine rings is 1. The molecule has 0 saturated carbocycles. The van der Waals surface area contributed by atoms with Crippen LogP contribution >= 0.6 is 0 Å². The second-order valence-corrected chi connectivity index (χ2v) is 6.23. The first kappa shape index (κ1) is 16.9. The van der Waals surface area contributed by atoms with E-state index in [2.05, 4.69) is 9.80 Å². The fraction of sp³-hybridized carbons (Fsp3) is 0.588. The summed E-state index contributed by atoms with van der Waals surface area (Å²) in [4.78, 5) is 18.8. The van der Waals surface area contributed by atoms with Gasteiger partial charge in [-0.25, -0.2) is 0 Å². The van der Waals surface area contributed by atoms with Crippen molar-refractivity contribution in [3.8, 4) is 0 Å². The maximum atomic E-state index is 12.6. The number of aliphatic hydroxyl groups is 1. The van der Waals surface area contributed by atoms with E-state index in [-0.39, 0.29) is 18.1 Å². The monoisotopic (exact) mass is 305 g/mol. The molecule has 0 unspecified atom stereocenters. The lowest BCUT2D eigenvalue weighted by atomic mass is 10.0. The van der Waals surface area contributed by atoms with Crippen molar-refractivity contribution in [2.75, 3.05) is 46.8 Å². The van der Waals surface area contributed by atoms with Crippen molar-refractivity contribution in [2.24, 2.45) is 0 Å². The van der Waals surface area contributed by atoms with E-state index >= 15 is 0 Å². The van der Waals surface area contributed by atoms with Crippen molar-refractivity contribution in [3.63, 3.8) is 0 Å². The molecule has 0 aromatic heterocycles. The van der Waals surface area contributed by atoms with Gasteiger partial charge in [-0.05, 0) is 12.5 Å². The highest BCUT2D eigenvalue weighted by atomic mass is 16.3. The van der Waals surface area contributed by atoms with E-state index in [1.807, 2.05) is 51.4 Å². The molecule has 2 rings (SSSR count). The molecule has 0 radical (unpaired) electrons. The van der Waals surface area contributed by atoms with Gasteiger partial charge in [0.15, 0.2) is 0 Å². The summed E-state index contributed by atoms with van der Waals surface area (Å²) in [6.07, 6.45) is -0.306. The predicted octanol–water partition coefficient (Wildman–Crippen LogP) is 0.814. The van der Waals surface area contributed by atoms with E-state index in [0.717, 1.165) is 31.7 Å². The van der Waals surface area contributed by atoms with Crippen molar-refractivity contribution >= 4 is 5.91 Å². The number of aliphatic hydroxyl groups excluding tert-OH is 1. The van der Waals surface area contributed by atoms with E-state index in [1.54, 1.807) is 4.90 Å². The lowest BCUT2D eigenvalue weighted by Crippen LogP contribution is -2.51. The summed E-state index contributed by atoms with van der Waals surface area (Å²) in [5.74, 6) is 0.121. The third-order valence-corrected chi connectivity index (χ3v) is 4.08. The van der Waals surface area contributed by atoms with Crippen LogP contribution in [0, 0.1) is 0 Å². The van der Waals surface area contributed by atoms with Crippen LogP contribution in [-0.2, 0) is 4.79 Å². The molecule has 122 valence electrons. The summed E-state index contributed by atoms with van der Waals surface area (Å²) in [7, 11) is 3.62. The van der Waals surface area contributed by atoms with E-state index in [0.29, 0.717) is 6.54 Å². The summed E-state index contributed by atoms with van der Waals surface area (Å²) >= 11 is 0. The minimum Gasteiger partial charge on any atom is -0.392 e. The number of benzene rings is 1. The van der Waals surface area contributed by atoms with E-state index in [9.17, 15) is 9.90 Å². The lowest BCUT2D eigenvalue weighted by molar-refractivity contribution is -0.135. The average molecular weight is 305 g/mol. The Morgan fingerprint density at radius 2 is 1.77 bits per heavy atom. The normalized spacial score (nSPS) is 19.6. The highest BCUT2D eigenvalue weighted by Gasteiger charge is 2.31. The summed E-state index contributed by atoms with van der Waals surface area (Å²) in [6.45, 7) is 5.96. The van der Waals surface area contributed by atoms with Gasteiger partial charge in [0, 0.05) is 46.8 Å². The second kappa shape index (κ2) is 7.72. The van der Waals surface area contributed by atoms with E-state index in [4.69, 9.17) is 0 Å². The van der Waals surface area contributed by atoms with Crippen LogP contribution in [0.15, 0.2) is 30.3 Å². The van der Waals surface area contributed by atoms with Gasteiger partial charge in [0.2, 0.25) is 5.91 Å². The standard InChI is InChI=1S/C17H27N3O2/c1-14(21)13-19-9-11-20(12-10-19)16(17(22)18(2)3)15-7-5-4-6-8-15/h4-8,14,16,21H,9-13H2,1-3H3/t14-,16-/m0/s1. The van der Waals surface area contributed by atoms with Crippen molar-refractivity contribution < 1.29 is 9.90 Å². The van der Waals surface area contributed by atoms with Gasteiger partial charge in [0.25, 0.3) is 0 Å². The molecule has 0 aliphatic carbocycles. The van der Waals surface area contributed by atoms with Gasteiger partial charge in [-0.15, -0.1) is 0 Å². The molecule has 1 amide bonds. The van der Waals surface area contributed by atoms with Crippen LogP contribution in [0.4, 0.5) is 0 Å². The van der Waals surface area contributed by atoms with Crippen LogP contribution in [0.2, 0.25) is 0 Å². The topological polar surface area (TPSA) is 47.0 Å². The van der Waals surface area contributed by atoms with Crippen LogP contribution in [0.3, 0.4) is 0 Å². The molecular formula is C17H27N3O2. The fourth-order valence-corrected chi connectivity index (χ4v) is 2.97. The summed E-state index contributed by atoms with van der Waals surface area (Å²) in [5, 5.41) is 9.50. The Balaban J connectivity index is 2.09. The second-order valence-electron chi connectivity index (χ2n) is 6.23. The molecule has 0 spiro atoms. The molecule has 1 aliphatic rings. The lowest BCUT2D eigenvalue weighted by Gasteiger charge is -2.39. The summed E-state index contributed by atoms with van der Waals surface area (Å²) < 4.78 is 0. The number of hydrogen-bond donors (Lipinski definition) is 1. The maximum absolute atomic E-state index is 12.6. The molecule has 1 aromatic carbocycles. The molecule has 2 atom stereocenters. The number of carbonyl (C=O) groups excluding carboxylic acids is 1. The molecular weight excluding hydrogens is 278 g/mol. The minimum absolute atomic E-state index is 0.121. The Morgan fingerprint density at radius 1 is 1.18 bits per heavy atom. The molecule has 22 heavy (non-hydrogen) atoms. The van der Waals surface area contributed by atoms with Crippen LogP contribution < -0.4 is 0 Å². The number of nitrogens with zero attached hydrogens (tertiary/aromatic N) is 3. The zero-order chi connectivity index (χ0) is 16.1. The van der Waals surface area contributed by atoms with Gasteiger partial charge in [-0.3, -0.25) is 14.6 Å². The molecule has 0 bridgehead atoms. The maximum Gasteiger partial charge on any atom is 0.244 e. The first-order valence-electron chi connectivity index (χ1n) is 7.89. The SMILES string of the molecule is C[C@H](O)CN1CCN([C@H](C(=O)N(C)C)c2ccccc2)CC1. The van der Waals surface area contributed by atoms with Gasteiger partial charge < -0.3 is 10.0 Å². The smallest absolute Gasteiger partial charge is 0.244 e. The van der Waals surface area contributed by atoms with Gasteiger partial charge in [-0.2, -0.15) is 0 Å². The quantitative estimate of drug-likeness (QED) is 0.875. The Bertz CT molecular complexity index is 468. The number of rotatable bonds is 5. The molecule has 1 fully saturated rings. The highest BCUT2D eigenvalue weighted by Crippen LogP contribution is 2.24. The number of carbonyl (C=O) groups is 1. The van der Waals surface area contributed by atoms with Crippen molar-refractivity contribution in [2.45, 2.75) is 19.1 Å². The van der Waals surface area contributed by atoms with Crippen molar-refractivity contribution in [1.29, 1.82) is 0 Å². The summed E-state index contributed by atoms with van der Waals surface area (Å²) in [6, 6.07) is 9.76. The Labute approximate surface area is 133 Å². The van der Waals surface area contributed by atoms with Crippen LogP contribution in [0.1, 0.15) is 18.5 Å². The number of hydrogen-bond acceptors (Lipinski definition) is 4. The van der Waals surface area contributed by atoms with E-state index < -0.39 is 0 Å². The van der Waals surface area contributed by atoms with Crippen LogP contribution in [0.5, 0.6) is 0 Å². The fourth-order valence-electron chi connectivity index (χ4n) is 2.97. The van der Waals surface area contributed by atoms with Gasteiger partial charge in [0.1, 0.15) is 6.04 Å². The third-order valence-electron chi connectivity index (χ3n) is 4.08. The number of β-amino-alcohol motifs (C(OH)–C–C–N with tert-alkyl or cyclic N) is 1. The molecule has 1 aromatic rings. The molecule has 1 aliphatic heterocycles. The van der Waals surface area contributed by atoms with Crippen LogP contribution in [0.25, 0.3) is 0 Å². The zero-order valence-electron chi connectivity index (χ0n) is 13.8. The third kappa shape index (κ3) is 4.29. The summed E-state index contributed by atoms with van der Waals surface area (Å²) in [5.41, 5.74) is 1.05. The largest absolute Gasteiger partial charge is 0.392 e. The molecule has 5 nitrogen and oxygen atoms in total. The molecule has 1 heterocycles. The number of amides is 1. The van der Waals surface area contributed by atoms with Gasteiger partial charge >= 0.3 is 0 Å². The molecule has 1 N–H and O–H groups in total. The minimum atomic E-state index is -0.306. The van der Waals surface area contributed by atoms with E-state index in [1.165, 1.54) is 0 Å². The molecule has 5 heteroatoms. The van der Waals surface area contributed by atoms with Gasteiger partial charge in [-0.1, -0.05) is 30.3 Å². The Kier molecular flexibility index (Phi) is 5.94. The Morgan fingerprint density at radius 3 is 2.27 bits per heavy atom. The van der Waals surface area contributed by atoms with Crippen molar-refractivity contribution in [1.82, 2.24) is 14.7 Å². The first-order valence-corrected chi connectivity index (χ1v) is 7.89. The highest BCUT2D eigenvalue weighted by molar-refractivity contribution is 5.82. The average Bonchev–Trinajstić information content (AvgIpc) is 2.49. The zero-order valence-corrected chi connectivity index (χ0v) is 13.8. The Hall–Kier alpha value is -1.43. The number of likely N-dealkylation sites (N-methyl/N-ethyl adjacent to an activating group) is 1. The van der Waals surface area contributed by atoms with Crippen molar-refractivity contribution in [3.05, 3.63) is 35.9 Å². The first-order chi connectivity index (χ1) is 10.5. The van der Waals surface area contributed by atoms with Crippen LogP contribution in [-0.4, -0.2) is 78.6 Å².